The molecule has 0 aliphatic carbocycles. The zero-order chi connectivity index (χ0) is 8.48. The summed E-state index contributed by atoms with van der Waals surface area (Å²) in [5, 5.41) is 0. The SMILES string of the molecule is CC(=O)C1(C(C)=O)C=CN=C1. The summed E-state index contributed by atoms with van der Waals surface area (Å²) >= 11 is 0. The topological polar surface area (TPSA) is 46.5 Å². The monoisotopic (exact) mass is 151 g/mol. The third-order valence-electron chi connectivity index (χ3n) is 1.87. The largest absolute Gasteiger partial charge is 0.298 e. The zero-order valence-electron chi connectivity index (χ0n) is 6.50. The van der Waals surface area contributed by atoms with Crippen molar-refractivity contribution >= 4 is 17.8 Å². The number of hydrogen-bond acceptors (Lipinski definition) is 3. The van der Waals surface area contributed by atoms with Crippen LogP contribution in [0.25, 0.3) is 0 Å². The van der Waals surface area contributed by atoms with Crippen molar-refractivity contribution in [2.75, 3.05) is 0 Å². The highest BCUT2D eigenvalue weighted by molar-refractivity contribution is 6.21. The highest BCUT2D eigenvalue weighted by atomic mass is 16.2. The van der Waals surface area contributed by atoms with Crippen LogP contribution in [0.5, 0.6) is 0 Å². The van der Waals surface area contributed by atoms with Crippen molar-refractivity contribution in [3.8, 4) is 0 Å². The molecule has 1 aliphatic rings. The van der Waals surface area contributed by atoms with Crippen LogP contribution in [0.4, 0.5) is 0 Å². The van der Waals surface area contributed by atoms with E-state index in [9.17, 15) is 9.59 Å². The number of hydrogen-bond donors (Lipinski definition) is 0. The third kappa shape index (κ3) is 1.02. The maximum absolute atomic E-state index is 11.0. The minimum atomic E-state index is -1.06. The normalized spacial score (nSPS) is 18.7. The molecule has 11 heavy (non-hydrogen) atoms. The molecule has 3 heteroatoms. The summed E-state index contributed by atoms with van der Waals surface area (Å²) in [6.07, 6.45) is 4.39. The van der Waals surface area contributed by atoms with Gasteiger partial charge >= 0.3 is 0 Å². The molecule has 0 aromatic carbocycles. The second kappa shape index (κ2) is 2.42. The van der Waals surface area contributed by atoms with Gasteiger partial charge in [0.15, 0.2) is 11.6 Å². The van der Waals surface area contributed by atoms with Crippen LogP contribution in [-0.4, -0.2) is 17.8 Å². The molecule has 0 N–H and O–H groups in total. The number of nitrogens with zero attached hydrogens (tertiary/aromatic N) is 1. The molecule has 3 nitrogen and oxygen atoms in total. The molecule has 0 spiro atoms. The molecule has 0 amide bonds. The van der Waals surface area contributed by atoms with Crippen LogP contribution in [0.3, 0.4) is 0 Å². The lowest BCUT2D eigenvalue weighted by Gasteiger charge is -2.15. The second-order valence-electron chi connectivity index (χ2n) is 2.58. The van der Waals surface area contributed by atoms with Gasteiger partial charge in [-0.2, -0.15) is 0 Å². The van der Waals surface area contributed by atoms with Crippen LogP contribution in [0.1, 0.15) is 13.8 Å². The van der Waals surface area contributed by atoms with E-state index in [1.807, 2.05) is 0 Å². The van der Waals surface area contributed by atoms with E-state index in [2.05, 4.69) is 4.99 Å². The van der Waals surface area contributed by atoms with Gasteiger partial charge in [0.05, 0.1) is 0 Å². The molecule has 0 aromatic heterocycles. The molecule has 0 bridgehead atoms. The first kappa shape index (κ1) is 7.85. The fourth-order valence-electron chi connectivity index (χ4n) is 1.03. The Kier molecular flexibility index (Phi) is 1.72. The summed E-state index contributed by atoms with van der Waals surface area (Å²) in [4.78, 5) is 25.8. The highest BCUT2D eigenvalue weighted by Gasteiger charge is 2.37. The standard InChI is InChI=1S/C8H9NO2/c1-6(10)8(7(2)11)3-4-9-5-8/h3-5H,1-2H3. The summed E-state index contributed by atoms with van der Waals surface area (Å²) < 4.78 is 0. The first-order chi connectivity index (χ1) is 5.09. The molecule has 1 heterocycles. The Morgan fingerprint density at radius 1 is 1.27 bits per heavy atom. The highest BCUT2D eigenvalue weighted by Crippen LogP contribution is 2.23. The summed E-state index contributed by atoms with van der Waals surface area (Å²) in [5.41, 5.74) is -1.06. The lowest BCUT2D eigenvalue weighted by Crippen LogP contribution is -2.34. The van der Waals surface area contributed by atoms with Crippen LogP contribution in [0.2, 0.25) is 0 Å². The van der Waals surface area contributed by atoms with Crippen LogP contribution in [0, 0.1) is 5.41 Å². The molecule has 0 atom stereocenters. The lowest BCUT2D eigenvalue weighted by atomic mass is 9.82. The van der Waals surface area contributed by atoms with Gasteiger partial charge in [-0.3, -0.25) is 14.6 Å². The van der Waals surface area contributed by atoms with Gasteiger partial charge < -0.3 is 0 Å². The molecule has 1 rings (SSSR count). The van der Waals surface area contributed by atoms with Gasteiger partial charge in [-0.1, -0.05) is 0 Å². The quantitative estimate of drug-likeness (QED) is 0.546. The van der Waals surface area contributed by atoms with Gasteiger partial charge in [-0.25, -0.2) is 0 Å². The second-order valence-corrected chi connectivity index (χ2v) is 2.58. The summed E-state index contributed by atoms with van der Waals surface area (Å²) in [5.74, 6) is -0.356. The average molecular weight is 151 g/mol. The maximum atomic E-state index is 11.0. The Bertz CT molecular complexity index is 235. The number of carbonyl (C=O) groups is 2. The van der Waals surface area contributed by atoms with Crippen molar-refractivity contribution in [2.45, 2.75) is 13.8 Å². The molecular formula is C8H9NO2. The number of aliphatic imine (C=N–C) groups is 1. The average Bonchev–Trinajstić information content (AvgIpc) is 2.34. The Morgan fingerprint density at radius 2 is 1.82 bits per heavy atom. The van der Waals surface area contributed by atoms with Crippen molar-refractivity contribution in [3.63, 3.8) is 0 Å². The summed E-state index contributed by atoms with van der Waals surface area (Å²) in [6, 6.07) is 0. The number of ketones is 2. The van der Waals surface area contributed by atoms with E-state index in [4.69, 9.17) is 0 Å². The fourth-order valence-corrected chi connectivity index (χ4v) is 1.03. The first-order valence-electron chi connectivity index (χ1n) is 3.34. The van der Waals surface area contributed by atoms with E-state index in [0.29, 0.717) is 0 Å². The molecule has 58 valence electrons. The third-order valence-corrected chi connectivity index (χ3v) is 1.87. The molecule has 1 aliphatic heterocycles. The van der Waals surface area contributed by atoms with Crippen molar-refractivity contribution in [1.82, 2.24) is 0 Å². The molecule has 0 saturated heterocycles. The molecule has 0 unspecified atom stereocenters. The van der Waals surface area contributed by atoms with Crippen LogP contribution >= 0.6 is 0 Å². The minimum absolute atomic E-state index is 0.178. The first-order valence-corrected chi connectivity index (χ1v) is 3.34. The summed E-state index contributed by atoms with van der Waals surface area (Å²) in [7, 11) is 0. The van der Waals surface area contributed by atoms with Gasteiger partial charge in [0.25, 0.3) is 0 Å². The van der Waals surface area contributed by atoms with Gasteiger partial charge in [0.2, 0.25) is 0 Å². The van der Waals surface area contributed by atoms with E-state index < -0.39 is 5.41 Å². The minimum Gasteiger partial charge on any atom is -0.298 e. The lowest BCUT2D eigenvalue weighted by molar-refractivity contribution is -0.131. The smallest absolute Gasteiger partial charge is 0.152 e. The van der Waals surface area contributed by atoms with E-state index >= 15 is 0 Å². The number of allylic oxidation sites excluding steroid dienone is 1. The Labute approximate surface area is 64.8 Å². The summed E-state index contributed by atoms with van der Waals surface area (Å²) in [6.45, 7) is 2.78. The van der Waals surface area contributed by atoms with Gasteiger partial charge in [-0.15, -0.1) is 0 Å². The van der Waals surface area contributed by atoms with Gasteiger partial charge in [0.1, 0.15) is 5.41 Å². The van der Waals surface area contributed by atoms with Crippen LogP contribution in [0.15, 0.2) is 17.3 Å². The van der Waals surface area contributed by atoms with Crippen LogP contribution < -0.4 is 0 Å². The number of rotatable bonds is 2. The molecule has 0 fully saturated rings. The predicted molar refractivity (Wildman–Crippen MR) is 41.4 cm³/mol. The molecule has 0 saturated carbocycles. The van der Waals surface area contributed by atoms with E-state index in [1.54, 1.807) is 0 Å². The zero-order valence-corrected chi connectivity index (χ0v) is 6.50. The molecule has 0 radical (unpaired) electrons. The molecule has 0 aromatic rings. The number of Topliss-reactive ketones (excluding diaryl/α,β-unsaturated/α-hetero) is 2. The van der Waals surface area contributed by atoms with Crippen LogP contribution in [-0.2, 0) is 9.59 Å². The molecular weight excluding hydrogens is 142 g/mol. The van der Waals surface area contributed by atoms with E-state index in [-0.39, 0.29) is 11.6 Å². The van der Waals surface area contributed by atoms with Crippen molar-refractivity contribution in [1.29, 1.82) is 0 Å². The van der Waals surface area contributed by atoms with E-state index in [1.165, 1.54) is 32.3 Å². The van der Waals surface area contributed by atoms with Gasteiger partial charge in [0, 0.05) is 12.4 Å². The van der Waals surface area contributed by atoms with Gasteiger partial charge in [-0.05, 0) is 19.9 Å². The Balaban J connectivity index is 3.09. The van der Waals surface area contributed by atoms with Crippen molar-refractivity contribution in [2.24, 2.45) is 10.4 Å². The fraction of sp³-hybridized carbons (Fsp3) is 0.375. The van der Waals surface area contributed by atoms with Crippen molar-refractivity contribution < 1.29 is 9.59 Å². The predicted octanol–water partition coefficient (Wildman–Crippen LogP) is 0.749. The maximum Gasteiger partial charge on any atom is 0.152 e. The van der Waals surface area contributed by atoms with Crippen molar-refractivity contribution in [3.05, 3.63) is 12.3 Å². The Hall–Kier alpha value is -1.25. The van der Waals surface area contributed by atoms with E-state index in [0.717, 1.165) is 0 Å². The number of carbonyl (C=O) groups excluding carboxylic acids is 2. The Morgan fingerprint density at radius 3 is 2.00 bits per heavy atom.